The van der Waals surface area contributed by atoms with Crippen LogP contribution in [0.4, 0.5) is 0 Å². The van der Waals surface area contributed by atoms with Gasteiger partial charge in [0.2, 0.25) is 10.0 Å². The number of nitrogens with one attached hydrogen (secondary N) is 1. The minimum atomic E-state index is -3.40. The van der Waals surface area contributed by atoms with E-state index in [4.69, 9.17) is 0 Å². The van der Waals surface area contributed by atoms with Crippen molar-refractivity contribution in [2.24, 2.45) is 5.92 Å². The second kappa shape index (κ2) is 5.69. The van der Waals surface area contributed by atoms with Crippen molar-refractivity contribution in [3.8, 4) is 0 Å². The molecule has 1 N–H and O–H groups in total. The molecule has 0 bridgehead atoms. The van der Waals surface area contributed by atoms with E-state index in [1.165, 1.54) is 4.31 Å². The van der Waals surface area contributed by atoms with E-state index in [2.05, 4.69) is 21.2 Å². The minimum absolute atomic E-state index is 0.332. The SMILES string of the molecule is CN(CC1CCNC1)S(=O)(=O)c1ccccc1Br. The van der Waals surface area contributed by atoms with Crippen molar-refractivity contribution in [1.29, 1.82) is 0 Å². The molecular formula is C12H17BrN2O2S. The summed E-state index contributed by atoms with van der Waals surface area (Å²) in [7, 11) is -1.75. The normalized spacial score (nSPS) is 20.5. The van der Waals surface area contributed by atoms with E-state index in [9.17, 15) is 8.42 Å². The van der Waals surface area contributed by atoms with Gasteiger partial charge in [0.25, 0.3) is 0 Å². The summed E-state index contributed by atoms with van der Waals surface area (Å²) in [5.74, 6) is 0.410. The lowest BCUT2D eigenvalue weighted by atomic mass is 10.1. The molecule has 0 radical (unpaired) electrons. The van der Waals surface area contributed by atoms with E-state index in [0.29, 0.717) is 21.8 Å². The van der Waals surface area contributed by atoms with Crippen LogP contribution < -0.4 is 5.32 Å². The first-order valence-electron chi connectivity index (χ1n) is 5.93. The van der Waals surface area contributed by atoms with Gasteiger partial charge in [-0.05, 0) is 53.5 Å². The summed E-state index contributed by atoms with van der Waals surface area (Å²) in [5.41, 5.74) is 0. The molecule has 1 aromatic rings. The van der Waals surface area contributed by atoms with Crippen LogP contribution in [-0.4, -0.2) is 39.4 Å². The smallest absolute Gasteiger partial charge is 0.243 e. The zero-order chi connectivity index (χ0) is 13.2. The predicted molar refractivity (Wildman–Crippen MR) is 74.9 cm³/mol. The maximum absolute atomic E-state index is 12.4. The molecule has 0 spiro atoms. The van der Waals surface area contributed by atoms with Crippen molar-refractivity contribution in [3.63, 3.8) is 0 Å². The zero-order valence-corrected chi connectivity index (χ0v) is 12.7. The van der Waals surface area contributed by atoms with E-state index in [1.54, 1.807) is 25.2 Å². The molecular weight excluding hydrogens is 316 g/mol. The highest BCUT2D eigenvalue weighted by Gasteiger charge is 2.26. The number of hydrogen-bond acceptors (Lipinski definition) is 3. The third kappa shape index (κ3) is 2.93. The molecule has 1 atom stereocenters. The number of nitrogens with zero attached hydrogens (tertiary/aromatic N) is 1. The Morgan fingerprint density at radius 3 is 2.78 bits per heavy atom. The highest BCUT2D eigenvalue weighted by atomic mass is 79.9. The van der Waals surface area contributed by atoms with Gasteiger partial charge in [-0.1, -0.05) is 12.1 Å². The van der Waals surface area contributed by atoms with E-state index in [1.807, 2.05) is 6.07 Å². The van der Waals surface area contributed by atoms with Crippen molar-refractivity contribution in [1.82, 2.24) is 9.62 Å². The van der Waals surface area contributed by atoms with Crippen molar-refractivity contribution in [2.45, 2.75) is 11.3 Å². The lowest BCUT2D eigenvalue weighted by Crippen LogP contribution is -2.32. The summed E-state index contributed by atoms with van der Waals surface area (Å²) in [6.45, 7) is 2.44. The molecule has 1 aromatic carbocycles. The average Bonchev–Trinajstić information content (AvgIpc) is 2.82. The van der Waals surface area contributed by atoms with Gasteiger partial charge >= 0.3 is 0 Å². The fraction of sp³-hybridized carbons (Fsp3) is 0.500. The maximum Gasteiger partial charge on any atom is 0.243 e. The second-order valence-corrected chi connectivity index (χ2v) is 7.44. The van der Waals surface area contributed by atoms with Crippen molar-refractivity contribution in [3.05, 3.63) is 28.7 Å². The molecule has 1 heterocycles. The molecule has 6 heteroatoms. The Labute approximate surface area is 117 Å². The summed E-state index contributed by atoms with van der Waals surface area (Å²) in [6.07, 6.45) is 1.04. The van der Waals surface area contributed by atoms with Gasteiger partial charge in [0.15, 0.2) is 0 Å². The molecule has 0 aliphatic carbocycles. The van der Waals surface area contributed by atoms with Gasteiger partial charge in [0.05, 0.1) is 4.90 Å². The Morgan fingerprint density at radius 1 is 1.44 bits per heavy atom. The fourth-order valence-electron chi connectivity index (χ4n) is 2.15. The van der Waals surface area contributed by atoms with Gasteiger partial charge in [-0.3, -0.25) is 0 Å². The Kier molecular flexibility index (Phi) is 4.42. The molecule has 100 valence electrons. The summed E-state index contributed by atoms with van der Waals surface area (Å²) in [5, 5.41) is 3.25. The number of sulfonamides is 1. The predicted octanol–water partition coefficient (Wildman–Crippen LogP) is 1.68. The first-order valence-corrected chi connectivity index (χ1v) is 8.16. The lowest BCUT2D eigenvalue weighted by Gasteiger charge is -2.21. The molecule has 1 fully saturated rings. The molecule has 1 saturated heterocycles. The number of rotatable bonds is 4. The molecule has 0 saturated carbocycles. The quantitative estimate of drug-likeness (QED) is 0.912. The Hall–Kier alpha value is -0.430. The van der Waals surface area contributed by atoms with Crippen LogP contribution >= 0.6 is 15.9 Å². The third-order valence-corrected chi connectivity index (χ3v) is 6.04. The monoisotopic (exact) mass is 332 g/mol. The van der Waals surface area contributed by atoms with Crippen molar-refractivity contribution >= 4 is 26.0 Å². The highest BCUT2D eigenvalue weighted by molar-refractivity contribution is 9.10. The lowest BCUT2D eigenvalue weighted by molar-refractivity contribution is 0.399. The third-order valence-electron chi connectivity index (χ3n) is 3.20. The summed E-state index contributed by atoms with van der Waals surface area (Å²) < 4.78 is 26.9. The molecule has 0 amide bonds. The standard InChI is InChI=1S/C12H17BrN2O2S/c1-15(9-10-6-7-14-8-10)18(16,17)12-5-3-2-4-11(12)13/h2-5,10,14H,6-9H2,1H3. The molecule has 2 rings (SSSR count). The first kappa shape index (κ1) is 14.0. The van der Waals surface area contributed by atoms with E-state index < -0.39 is 10.0 Å². The van der Waals surface area contributed by atoms with Gasteiger partial charge in [-0.25, -0.2) is 12.7 Å². The zero-order valence-electron chi connectivity index (χ0n) is 10.3. The van der Waals surface area contributed by atoms with Crippen molar-refractivity contribution < 1.29 is 8.42 Å². The number of halogens is 1. The molecule has 1 aliphatic rings. The average molecular weight is 333 g/mol. The molecule has 4 nitrogen and oxygen atoms in total. The largest absolute Gasteiger partial charge is 0.316 e. The first-order chi connectivity index (χ1) is 8.51. The topological polar surface area (TPSA) is 49.4 Å². The van der Waals surface area contributed by atoms with E-state index in [0.717, 1.165) is 19.5 Å². The number of hydrogen-bond donors (Lipinski definition) is 1. The second-order valence-electron chi connectivity index (χ2n) is 4.57. The van der Waals surface area contributed by atoms with E-state index >= 15 is 0 Å². The number of benzene rings is 1. The molecule has 18 heavy (non-hydrogen) atoms. The summed E-state index contributed by atoms with van der Waals surface area (Å²) >= 11 is 3.29. The Morgan fingerprint density at radius 2 is 2.17 bits per heavy atom. The summed E-state index contributed by atoms with van der Waals surface area (Å²) in [6, 6.07) is 6.92. The Bertz CT molecular complexity index is 513. The fourth-order valence-corrected chi connectivity index (χ4v) is 4.36. The van der Waals surface area contributed by atoms with Crippen LogP contribution in [0.2, 0.25) is 0 Å². The molecule has 1 unspecified atom stereocenters. The van der Waals surface area contributed by atoms with Crippen LogP contribution in [0, 0.1) is 5.92 Å². The maximum atomic E-state index is 12.4. The van der Waals surface area contributed by atoms with Gasteiger partial charge in [-0.2, -0.15) is 0 Å². The summed E-state index contributed by atoms with van der Waals surface area (Å²) in [4.78, 5) is 0.332. The van der Waals surface area contributed by atoms with E-state index in [-0.39, 0.29) is 0 Å². The minimum Gasteiger partial charge on any atom is -0.316 e. The van der Waals surface area contributed by atoms with Crippen LogP contribution in [0.15, 0.2) is 33.6 Å². The van der Waals surface area contributed by atoms with Crippen LogP contribution in [0.25, 0.3) is 0 Å². The highest BCUT2D eigenvalue weighted by Crippen LogP contribution is 2.24. The van der Waals surface area contributed by atoms with Crippen LogP contribution in [0.1, 0.15) is 6.42 Å². The van der Waals surface area contributed by atoms with Gasteiger partial charge in [-0.15, -0.1) is 0 Å². The van der Waals surface area contributed by atoms with Crippen LogP contribution in [-0.2, 0) is 10.0 Å². The Balaban J connectivity index is 2.17. The van der Waals surface area contributed by atoms with Gasteiger partial charge < -0.3 is 5.32 Å². The van der Waals surface area contributed by atoms with Crippen molar-refractivity contribution in [2.75, 3.05) is 26.7 Å². The molecule has 1 aliphatic heterocycles. The van der Waals surface area contributed by atoms with Crippen LogP contribution in [0.5, 0.6) is 0 Å². The van der Waals surface area contributed by atoms with Gasteiger partial charge in [0, 0.05) is 18.1 Å². The molecule has 0 aromatic heterocycles. The van der Waals surface area contributed by atoms with Crippen LogP contribution in [0.3, 0.4) is 0 Å². The van der Waals surface area contributed by atoms with Gasteiger partial charge in [0.1, 0.15) is 0 Å².